The fourth-order valence-corrected chi connectivity index (χ4v) is 2.22. The molecule has 0 saturated carbocycles. The lowest BCUT2D eigenvalue weighted by Crippen LogP contribution is -2.28. The first-order valence-electron chi connectivity index (χ1n) is 7.50. The molecular formula is C18H17ClN2O4. The second-order valence-corrected chi connectivity index (χ2v) is 5.68. The molecule has 0 spiro atoms. The third-order valence-electron chi connectivity index (χ3n) is 3.15. The molecular weight excluding hydrogens is 344 g/mol. The predicted octanol–water partition coefficient (Wildman–Crippen LogP) is 2.77. The van der Waals surface area contributed by atoms with E-state index in [9.17, 15) is 14.4 Å². The van der Waals surface area contributed by atoms with Gasteiger partial charge in [-0.1, -0.05) is 23.7 Å². The number of halogens is 1. The Balaban J connectivity index is 1.78. The van der Waals surface area contributed by atoms with Crippen LogP contribution in [0.5, 0.6) is 0 Å². The molecule has 0 radical (unpaired) electrons. The Morgan fingerprint density at radius 2 is 1.80 bits per heavy atom. The van der Waals surface area contributed by atoms with E-state index < -0.39 is 11.9 Å². The van der Waals surface area contributed by atoms with Gasteiger partial charge in [-0.05, 0) is 42.0 Å². The fourth-order valence-electron chi connectivity index (χ4n) is 2.01. The molecule has 0 unspecified atom stereocenters. The number of hydrogen-bond acceptors (Lipinski definition) is 4. The summed E-state index contributed by atoms with van der Waals surface area (Å²) >= 11 is 5.86. The zero-order valence-electron chi connectivity index (χ0n) is 13.5. The minimum atomic E-state index is -0.618. The number of ether oxygens (including phenoxy) is 1. The van der Waals surface area contributed by atoms with E-state index in [0.29, 0.717) is 17.3 Å². The molecule has 0 aliphatic rings. The molecule has 130 valence electrons. The summed E-state index contributed by atoms with van der Waals surface area (Å²) in [5, 5.41) is 5.82. The van der Waals surface area contributed by atoms with Crippen LogP contribution < -0.4 is 10.6 Å². The molecule has 2 N–H and O–H groups in total. The first-order chi connectivity index (χ1) is 11.9. The smallest absolute Gasteiger partial charge is 0.338 e. The van der Waals surface area contributed by atoms with Crippen molar-refractivity contribution in [1.29, 1.82) is 0 Å². The Bertz CT molecular complexity index is 775. The third kappa shape index (κ3) is 6.27. The van der Waals surface area contributed by atoms with E-state index in [1.807, 2.05) is 6.07 Å². The van der Waals surface area contributed by atoms with Gasteiger partial charge in [0, 0.05) is 24.2 Å². The Morgan fingerprint density at radius 1 is 1.08 bits per heavy atom. The molecule has 0 aromatic heterocycles. The van der Waals surface area contributed by atoms with Gasteiger partial charge in [0.15, 0.2) is 6.61 Å². The highest BCUT2D eigenvalue weighted by Crippen LogP contribution is 2.11. The van der Waals surface area contributed by atoms with Gasteiger partial charge in [-0.25, -0.2) is 4.79 Å². The number of hydrogen-bond donors (Lipinski definition) is 2. The van der Waals surface area contributed by atoms with Gasteiger partial charge in [-0.2, -0.15) is 0 Å². The van der Waals surface area contributed by atoms with Crippen LogP contribution in [-0.2, 0) is 20.9 Å². The second-order valence-electron chi connectivity index (χ2n) is 5.24. The topological polar surface area (TPSA) is 84.5 Å². The van der Waals surface area contributed by atoms with Gasteiger partial charge < -0.3 is 15.4 Å². The summed E-state index contributed by atoms with van der Waals surface area (Å²) in [5.41, 5.74) is 1.71. The van der Waals surface area contributed by atoms with Crippen molar-refractivity contribution in [1.82, 2.24) is 5.32 Å². The molecule has 0 fully saturated rings. The molecule has 0 heterocycles. The standard InChI is InChI=1S/C18H17ClN2O4/c1-12(22)21-16-7-5-14(6-8-16)18(24)25-11-17(23)20-10-13-3-2-4-15(19)9-13/h2-9H,10-11H2,1H3,(H,20,23)(H,21,22). The summed E-state index contributed by atoms with van der Waals surface area (Å²) in [4.78, 5) is 34.6. The van der Waals surface area contributed by atoms with Crippen LogP contribution in [0.2, 0.25) is 5.02 Å². The summed E-state index contributed by atoms with van der Waals surface area (Å²) < 4.78 is 4.96. The molecule has 0 atom stereocenters. The molecule has 0 bridgehead atoms. The zero-order valence-corrected chi connectivity index (χ0v) is 14.3. The lowest BCUT2D eigenvalue weighted by Gasteiger charge is -2.08. The van der Waals surface area contributed by atoms with Crippen LogP contribution in [0.1, 0.15) is 22.8 Å². The van der Waals surface area contributed by atoms with E-state index >= 15 is 0 Å². The Labute approximate surface area is 150 Å². The van der Waals surface area contributed by atoms with Gasteiger partial charge in [0.2, 0.25) is 5.91 Å². The Morgan fingerprint density at radius 3 is 2.44 bits per heavy atom. The van der Waals surface area contributed by atoms with Crippen molar-refractivity contribution in [2.24, 2.45) is 0 Å². The molecule has 7 heteroatoms. The highest BCUT2D eigenvalue weighted by molar-refractivity contribution is 6.30. The molecule has 0 aliphatic heterocycles. The number of esters is 1. The number of rotatable bonds is 6. The molecule has 2 aromatic rings. The van der Waals surface area contributed by atoms with Crippen molar-refractivity contribution in [3.63, 3.8) is 0 Å². The fraction of sp³-hybridized carbons (Fsp3) is 0.167. The van der Waals surface area contributed by atoms with Crippen LogP contribution in [0, 0.1) is 0 Å². The summed E-state index contributed by atoms with van der Waals surface area (Å²) in [6, 6.07) is 13.3. The maximum absolute atomic E-state index is 11.9. The first-order valence-corrected chi connectivity index (χ1v) is 7.88. The molecule has 2 rings (SSSR count). The highest BCUT2D eigenvalue weighted by atomic mass is 35.5. The van der Waals surface area contributed by atoms with Crippen molar-refractivity contribution in [2.45, 2.75) is 13.5 Å². The van der Waals surface area contributed by atoms with Crippen LogP contribution >= 0.6 is 11.6 Å². The second kappa shape index (κ2) is 8.84. The van der Waals surface area contributed by atoms with Gasteiger partial charge >= 0.3 is 5.97 Å². The number of carbonyl (C=O) groups excluding carboxylic acids is 3. The monoisotopic (exact) mass is 360 g/mol. The number of nitrogens with one attached hydrogen (secondary N) is 2. The Hall–Kier alpha value is -2.86. The SMILES string of the molecule is CC(=O)Nc1ccc(C(=O)OCC(=O)NCc2cccc(Cl)c2)cc1. The van der Waals surface area contributed by atoms with Crippen molar-refractivity contribution in [3.05, 3.63) is 64.7 Å². The third-order valence-corrected chi connectivity index (χ3v) is 3.39. The van der Waals surface area contributed by atoms with E-state index in [0.717, 1.165) is 5.56 Å². The number of benzene rings is 2. The van der Waals surface area contributed by atoms with Crippen molar-refractivity contribution < 1.29 is 19.1 Å². The average Bonchev–Trinajstić information content (AvgIpc) is 2.58. The van der Waals surface area contributed by atoms with E-state index in [1.54, 1.807) is 30.3 Å². The maximum atomic E-state index is 11.9. The molecule has 0 saturated heterocycles. The van der Waals surface area contributed by atoms with Crippen LogP contribution in [0.3, 0.4) is 0 Å². The Kier molecular flexibility index (Phi) is 6.54. The molecule has 2 amide bonds. The molecule has 6 nitrogen and oxygen atoms in total. The lowest BCUT2D eigenvalue weighted by atomic mass is 10.2. The van der Waals surface area contributed by atoms with E-state index in [4.69, 9.17) is 16.3 Å². The van der Waals surface area contributed by atoms with Crippen LogP contribution in [0.4, 0.5) is 5.69 Å². The van der Waals surface area contributed by atoms with Crippen LogP contribution in [0.25, 0.3) is 0 Å². The minimum absolute atomic E-state index is 0.202. The van der Waals surface area contributed by atoms with Gasteiger partial charge in [-0.3, -0.25) is 9.59 Å². The van der Waals surface area contributed by atoms with E-state index in [-0.39, 0.29) is 18.1 Å². The van der Waals surface area contributed by atoms with Gasteiger partial charge in [0.25, 0.3) is 5.91 Å². The van der Waals surface area contributed by atoms with Crippen LogP contribution in [-0.4, -0.2) is 24.4 Å². The minimum Gasteiger partial charge on any atom is -0.452 e. The lowest BCUT2D eigenvalue weighted by molar-refractivity contribution is -0.124. The zero-order chi connectivity index (χ0) is 18.2. The van der Waals surface area contributed by atoms with Crippen molar-refractivity contribution in [2.75, 3.05) is 11.9 Å². The van der Waals surface area contributed by atoms with Gasteiger partial charge in [-0.15, -0.1) is 0 Å². The maximum Gasteiger partial charge on any atom is 0.338 e. The van der Waals surface area contributed by atoms with Gasteiger partial charge in [0.05, 0.1) is 5.56 Å². The van der Waals surface area contributed by atoms with Crippen LogP contribution in [0.15, 0.2) is 48.5 Å². The summed E-state index contributed by atoms with van der Waals surface area (Å²) in [7, 11) is 0. The van der Waals surface area contributed by atoms with E-state index in [2.05, 4.69) is 10.6 Å². The number of amides is 2. The van der Waals surface area contributed by atoms with Crippen molar-refractivity contribution in [3.8, 4) is 0 Å². The quantitative estimate of drug-likeness (QED) is 0.776. The van der Waals surface area contributed by atoms with Gasteiger partial charge in [0.1, 0.15) is 0 Å². The highest BCUT2D eigenvalue weighted by Gasteiger charge is 2.10. The van der Waals surface area contributed by atoms with Crippen molar-refractivity contribution >= 4 is 35.1 Å². The molecule has 25 heavy (non-hydrogen) atoms. The number of anilines is 1. The average molecular weight is 361 g/mol. The summed E-state index contributed by atoms with van der Waals surface area (Å²) in [6.07, 6.45) is 0. The first kappa shape index (κ1) is 18.5. The van der Waals surface area contributed by atoms with E-state index in [1.165, 1.54) is 19.1 Å². The molecule has 2 aromatic carbocycles. The largest absolute Gasteiger partial charge is 0.452 e. The summed E-state index contributed by atoms with van der Waals surface area (Å²) in [6.45, 7) is 1.30. The number of carbonyl (C=O) groups is 3. The predicted molar refractivity (Wildman–Crippen MR) is 94.3 cm³/mol. The normalized spacial score (nSPS) is 10.0. The molecule has 0 aliphatic carbocycles. The summed E-state index contributed by atoms with van der Waals surface area (Å²) in [5.74, 6) is -1.23.